The molecule has 0 bridgehead atoms. The third kappa shape index (κ3) is 2.79. The van der Waals surface area contributed by atoms with Crippen molar-refractivity contribution in [2.75, 3.05) is 5.32 Å². The van der Waals surface area contributed by atoms with Gasteiger partial charge in [-0.3, -0.25) is 0 Å². The van der Waals surface area contributed by atoms with Crippen molar-refractivity contribution in [1.29, 1.82) is 0 Å². The van der Waals surface area contributed by atoms with E-state index in [-0.39, 0.29) is 0 Å². The van der Waals surface area contributed by atoms with E-state index in [2.05, 4.69) is 48.3 Å². The molecule has 0 saturated carbocycles. The van der Waals surface area contributed by atoms with E-state index in [1.165, 1.54) is 11.1 Å². The van der Waals surface area contributed by atoms with Crippen molar-refractivity contribution in [3.63, 3.8) is 0 Å². The fourth-order valence-electron chi connectivity index (χ4n) is 2.48. The van der Waals surface area contributed by atoms with Gasteiger partial charge in [-0.05, 0) is 24.0 Å². The third-order valence-corrected chi connectivity index (χ3v) is 3.97. The summed E-state index contributed by atoms with van der Waals surface area (Å²) in [6.45, 7) is 7.07. The zero-order valence-corrected chi connectivity index (χ0v) is 13.7. The normalized spacial score (nSPS) is 11.3. The van der Waals surface area contributed by atoms with Crippen LogP contribution in [-0.4, -0.2) is 14.6 Å². The molecular formula is C17H19ClN4. The minimum absolute atomic E-state index is 0.338. The molecule has 2 heterocycles. The summed E-state index contributed by atoms with van der Waals surface area (Å²) in [5.41, 5.74) is 5.27. The minimum Gasteiger partial charge on any atom is -0.378 e. The first-order chi connectivity index (χ1) is 10.6. The molecule has 2 aromatic heterocycles. The van der Waals surface area contributed by atoms with Gasteiger partial charge in [0, 0.05) is 12.6 Å². The first kappa shape index (κ1) is 14.9. The van der Waals surface area contributed by atoms with Gasteiger partial charge in [-0.25, -0.2) is 9.50 Å². The van der Waals surface area contributed by atoms with Crippen molar-refractivity contribution in [2.24, 2.45) is 0 Å². The van der Waals surface area contributed by atoms with Crippen molar-refractivity contribution in [3.8, 4) is 0 Å². The molecule has 5 heteroatoms. The van der Waals surface area contributed by atoms with Crippen LogP contribution in [0.3, 0.4) is 0 Å². The number of anilines is 1. The highest BCUT2D eigenvalue weighted by Crippen LogP contribution is 2.24. The molecule has 3 aromatic rings. The van der Waals surface area contributed by atoms with Gasteiger partial charge in [0.1, 0.15) is 0 Å². The van der Waals surface area contributed by atoms with Crippen LogP contribution in [-0.2, 0) is 6.54 Å². The first-order valence-corrected chi connectivity index (χ1v) is 7.76. The number of imidazole rings is 1. The Balaban J connectivity index is 1.95. The second-order valence-electron chi connectivity index (χ2n) is 5.73. The number of hydrogen-bond acceptors (Lipinski definition) is 3. The monoisotopic (exact) mass is 314 g/mol. The lowest BCUT2D eigenvalue weighted by Gasteiger charge is -2.11. The van der Waals surface area contributed by atoms with Crippen LogP contribution in [0.5, 0.6) is 0 Å². The highest BCUT2D eigenvalue weighted by atomic mass is 35.5. The summed E-state index contributed by atoms with van der Waals surface area (Å²) in [5, 5.41) is 8.26. The lowest BCUT2D eigenvalue weighted by Crippen LogP contribution is -2.06. The molecule has 0 aliphatic carbocycles. The van der Waals surface area contributed by atoms with Gasteiger partial charge < -0.3 is 5.32 Å². The van der Waals surface area contributed by atoms with Gasteiger partial charge in [0.15, 0.2) is 10.8 Å². The SMILES string of the molecule is Cc1ccccc1CNc1cc(Cl)nn2c(C(C)C)cnc12. The highest BCUT2D eigenvalue weighted by molar-refractivity contribution is 6.29. The number of benzene rings is 1. The van der Waals surface area contributed by atoms with Gasteiger partial charge in [0.05, 0.1) is 17.6 Å². The van der Waals surface area contributed by atoms with Gasteiger partial charge in [0.2, 0.25) is 0 Å². The van der Waals surface area contributed by atoms with Crippen molar-refractivity contribution in [1.82, 2.24) is 14.6 Å². The molecule has 0 saturated heterocycles. The summed E-state index contributed by atoms with van der Waals surface area (Å²) in [4.78, 5) is 4.50. The molecule has 22 heavy (non-hydrogen) atoms. The molecule has 1 aromatic carbocycles. The number of aryl methyl sites for hydroxylation is 1. The molecule has 0 radical (unpaired) electrons. The number of nitrogens with zero attached hydrogens (tertiary/aromatic N) is 3. The molecule has 0 aliphatic heterocycles. The lowest BCUT2D eigenvalue weighted by molar-refractivity contribution is 0.759. The van der Waals surface area contributed by atoms with Gasteiger partial charge >= 0.3 is 0 Å². The molecule has 114 valence electrons. The first-order valence-electron chi connectivity index (χ1n) is 7.39. The molecule has 0 unspecified atom stereocenters. The molecule has 0 spiro atoms. The summed E-state index contributed by atoms with van der Waals surface area (Å²) in [5.74, 6) is 0.338. The molecule has 0 aliphatic rings. The van der Waals surface area contributed by atoms with Crippen molar-refractivity contribution < 1.29 is 0 Å². The average Bonchev–Trinajstić information content (AvgIpc) is 2.90. The highest BCUT2D eigenvalue weighted by Gasteiger charge is 2.13. The van der Waals surface area contributed by atoms with E-state index in [9.17, 15) is 0 Å². The van der Waals surface area contributed by atoms with E-state index in [1.807, 2.05) is 28.9 Å². The van der Waals surface area contributed by atoms with Gasteiger partial charge in [-0.2, -0.15) is 5.10 Å². The smallest absolute Gasteiger partial charge is 0.177 e. The van der Waals surface area contributed by atoms with Crippen molar-refractivity contribution in [3.05, 3.63) is 58.5 Å². The second-order valence-corrected chi connectivity index (χ2v) is 6.12. The Kier molecular flexibility index (Phi) is 4.03. The van der Waals surface area contributed by atoms with Crippen molar-refractivity contribution in [2.45, 2.75) is 33.2 Å². The summed E-state index contributed by atoms with van der Waals surface area (Å²) in [7, 11) is 0. The molecular weight excluding hydrogens is 296 g/mol. The molecule has 0 fully saturated rings. The Morgan fingerprint density at radius 1 is 1.27 bits per heavy atom. The fourth-order valence-corrected chi connectivity index (χ4v) is 2.66. The van der Waals surface area contributed by atoms with Crippen LogP contribution < -0.4 is 5.32 Å². The predicted octanol–water partition coefficient (Wildman–Crippen LogP) is 4.43. The van der Waals surface area contributed by atoms with Crippen LogP contribution in [0.1, 0.15) is 36.6 Å². The van der Waals surface area contributed by atoms with Crippen LogP contribution >= 0.6 is 11.6 Å². The largest absolute Gasteiger partial charge is 0.378 e. The number of halogens is 1. The van der Waals surface area contributed by atoms with E-state index in [1.54, 1.807) is 0 Å². The third-order valence-electron chi connectivity index (χ3n) is 3.79. The van der Waals surface area contributed by atoms with Crippen LogP contribution in [0.15, 0.2) is 36.5 Å². The summed E-state index contributed by atoms with van der Waals surface area (Å²) in [6.07, 6.45) is 1.86. The summed E-state index contributed by atoms with van der Waals surface area (Å²) >= 11 is 6.17. The fraction of sp³-hybridized carbons (Fsp3) is 0.294. The maximum atomic E-state index is 6.17. The van der Waals surface area contributed by atoms with Crippen LogP contribution in [0, 0.1) is 6.92 Å². The van der Waals surface area contributed by atoms with Crippen LogP contribution in [0.4, 0.5) is 5.69 Å². The maximum Gasteiger partial charge on any atom is 0.177 e. The standard InChI is InChI=1S/C17H19ClN4/c1-11(2)15-10-20-17-14(8-16(18)21-22(15)17)19-9-13-7-5-4-6-12(13)3/h4-8,10-11,19H,9H2,1-3H3. The van der Waals surface area contributed by atoms with Crippen LogP contribution in [0.25, 0.3) is 5.65 Å². The van der Waals surface area contributed by atoms with Crippen LogP contribution in [0.2, 0.25) is 5.15 Å². The Labute approximate surface area is 135 Å². The predicted molar refractivity (Wildman–Crippen MR) is 90.6 cm³/mol. The van der Waals surface area contributed by atoms with E-state index in [0.29, 0.717) is 11.1 Å². The summed E-state index contributed by atoms with van der Waals surface area (Å²) in [6, 6.07) is 10.1. The van der Waals surface area contributed by atoms with E-state index in [4.69, 9.17) is 11.6 Å². The number of fused-ring (bicyclic) bond motifs is 1. The topological polar surface area (TPSA) is 42.2 Å². The van der Waals surface area contributed by atoms with E-state index >= 15 is 0 Å². The Hall–Kier alpha value is -2.07. The number of aromatic nitrogens is 3. The van der Waals surface area contributed by atoms with Crippen molar-refractivity contribution >= 4 is 22.9 Å². The average molecular weight is 315 g/mol. The summed E-state index contributed by atoms with van der Waals surface area (Å²) < 4.78 is 1.83. The molecule has 1 N–H and O–H groups in total. The molecule has 3 rings (SSSR count). The number of rotatable bonds is 4. The molecule has 0 atom stereocenters. The van der Waals surface area contributed by atoms with Gasteiger partial charge in [-0.15, -0.1) is 0 Å². The maximum absolute atomic E-state index is 6.17. The van der Waals surface area contributed by atoms with Gasteiger partial charge in [-0.1, -0.05) is 49.7 Å². The minimum atomic E-state index is 0.338. The Morgan fingerprint density at radius 3 is 2.77 bits per heavy atom. The van der Waals surface area contributed by atoms with E-state index in [0.717, 1.165) is 23.6 Å². The number of hydrogen-bond donors (Lipinski definition) is 1. The molecule has 4 nitrogen and oxygen atoms in total. The quantitative estimate of drug-likeness (QED) is 0.774. The second kappa shape index (κ2) is 5.97. The Bertz CT molecular complexity index is 808. The zero-order valence-electron chi connectivity index (χ0n) is 13.0. The van der Waals surface area contributed by atoms with Gasteiger partial charge in [0.25, 0.3) is 0 Å². The molecule has 0 amide bonds. The van der Waals surface area contributed by atoms with E-state index < -0.39 is 0 Å². The number of nitrogens with one attached hydrogen (secondary N) is 1. The zero-order chi connectivity index (χ0) is 15.7. The Morgan fingerprint density at radius 2 is 2.05 bits per heavy atom. The lowest BCUT2D eigenvalue weighted by atomic mass is 10.1.